The van der Waals surface area contributed by atoms with E-state index >= 15 is 0 Å². The number of carbonyl (C=O) groups excluding carboxylic acids is 1. The van der Waals surface area contributed by atoms with Crippen molar-refractivity contribution in [3.63, 3.8) is 0 Å². The zero-order valence-electron chi connectivity index (χ0n) is 17.5. The van der Waals surface area contributed by atoms with Crippen LogP contribution in [0.2, 0.25) is 0 Å². The highest BCUT2D eigenvalue weighted by Crippen LogP contribution is 2.17. The molecule has 7 heteroatoms. The second-order valence-electron chi connectivity index (χ2n) is 7.01. The SMILES string of the molecule is COc1ccc(OC[C@@H](CC(=O)n2nc(C)cc2C)NOCc2ccccc2)cc1. The summed E-state index contributed by atoms with van der Waals surface area (Å²) in [5.41, 5.74) is 5.62. The van der Waals surface area contributed by atoms with Crippen molar-refractivity contribution >= 4 is 5.91 Å². The number of nitrogens with one attached hydrogen (secondary N) is 1. The van der Waals surface area contributed by atoms with Crippen LogP contribution in [0.15, 0.2) is 60.7 Å². The van der Waals surface area contributed by atoms with Crippen LogP contribution in [0.4, 0.5) is 0 Å². The summed E-state index contributed by atoms with van der Waals surface area (Å²) in [7, 11) is 1.62. The van der Waals surface area contributed by atoms with Gasteiger partial charge in [0, 0.05) is 12.1 Å². The lowest BCUT2D eigenvalue weighted by Crippen LogP contribution is -2.38. The van der Waals surface area contributed by atoms with Gasteiger partial charge in [0.2, 0.25) is 5.91 Å². The first-order valence-electron chi connectivity index (χ1n) is 9.79. The number of nitrogens with zero attached hydrogens (tertiary/aromatic N) is 2. The molecule has 0 aliphatic heterocycles. The van der Waals surface area contributed by atoms with E-state index in [1.54, 1.807) is 7.11 Å². The molecule has 1 heterocycles. The van der Waals surface area contributed by atoms with Crippen LogP contribution in [0.5, 0.6) is 11.5 Å². The number of carbonyl (C=O) groups is 1. The van der Waals surface area contributed by atoms with E-state index in [0.717, 1.165) is 22.7 Å². The van der Waals surface area contributed by atoms with Gasteiger partial charge in [0.1, 0.15) is 18.1 Å². The van der Waals surface area contributed by atoms with Gasteiger partial charge in [0.25, 0.3) is 0 Å². The van der Waals surface area contributed by atoms with Crippen molar-refractivity contribution in [2.75, 3.05) is 13.7 Å². The molecule has 0 saturated heterocycles. The lowest BCUT2D eigenvalue weighted by Gasteiger charge is -2.19. The van der Waals surface area contributed by atoms with E-state index in [0.29, 0.717) is 12.4 Å². The van der Waals surface area contributed by atoms with Crippen molar-refractivity contribution in [3.05, 3.63) is 77.6 Å². The fourth-order valence-corrected chi connectivity index (χ4v) is 3.00. The summed E-state index contributed by atoms with van der Waals surface area (Å²) in [6.45, 7) is 4.36. The molecule has 0 spiro atoms. The van der Waals surface area contributed by atoms with Crippen LogP contribution in [0.1, 0.15) is 28.2 Å². The second-order valence-corrected chi connectivity index (χ2v) is 7.01. The van der Waals surface area contributed by atoms with Gasteiger partial charge in [0.15, 0.2) is 0 Å². The molecule has 3 aromatic rings. The van der Waals surface area contributed by atoms with Crippen LogP contribution in [0.3, 0.4) is 0 Å². The summed E-state index contributed by atoms with van der Waals surface area (Å²) in [6, 6.07) is 18.6. The summed E-state index contributed by atoms with van der Waals surface area (Å²) in [6.07, 6.45) is 0.174. The minimum absolute atomic E-state index is 0.125. The average molecular weight is 409 g/mol. The van der Waals surface area contributed by atoms with Crippen molar-refractivity contribution < 1.29 is 19.1 Å². The molecule has 0 aliphatic carbocycles. The Morgan fingerprint density at radius 1 is 1.07 bits per heavy atom. The van der Waals surface area contributed by atoms with Crippen LogP contribution in [-0.2, 0) is 11.4 Å². The molecule has 158 valence electrons. The Bertz CT molecular complexity index is 939. The maximum absolute atomic E-state index is 12.8. The third-order valence-corrected chi connectivity index (χ3v) is 4.51. The van der Waals surface area contributed by atoms with Gasteiger partial charge < -0.3 is 9.47 Å². The summed E-state index contributed by atoms with van der Waals surface area (Å²) >= 11 is 0. The van der Waals surface area contributed by atoms with Crippen LogP contribution >= 0.6 is 0 Å². The van der Waals surface area contributed by atoms with Crippen LogP contribution < -0.4 is 15.0 Å². The number of ether oxygens (including phenoxy) is 2. The van der Waals surface area contributed by atoms with Gasteiger partial charge in [-0.05, 0) is 49.7 Å². The molecule has 0 fully saturated rings. The third kappa shape index (κ3) is 6.17. The molecule has 30 heavy (non-hydrogen) atoms. The summed E-state index contributed by atoms with van der Waals surface area (Å²) < 4.78 is 12.5. The van der Waals surface area contributed by atoms with Gasteiger partial charge in [-0.3, -0.25) is 9.63 Å². The van der Waals surface area contributed by atoms with Crippen molar-refractivity contribution in [3.8, 4) is 11.5 Å². The molecular formula is C23H27N3O4. The third-order valence-electron chi connectivity index (χ3n) is 4.51. The summed E-state index contributed by atoms with van der Waals surface area (Å²) in [5.74, 6) is 1.31. The molecule has 1 aromatic heterocycles. The Labute approximate surface area is 176 Å². The normalized spacial score (nSPS) is 11.8. The smallest absolute Gasteiger partial charge is 0.248 e. The topological polar surface area (TPSA) is 74.6 Å². The largest absolute Gasteiger partial charge is 0.497 e. The number of benzene rings is 2. The molecule has 1 N–H and O–H groups in total. The molecule has 0 unspecified atom stereocenters. The van der Waals surface area contributed by atoms with Crippen molar-refractivity contribution in [1.29, 1.82) is 0 Å². The van der Waals surface area contributed by atoms with E-state index < -0.39 is 0 Å². The predicted octanol–water partition coefficient (Wildman–Crippen LogP) is 3.71. The average Bonchev–Trinajstić information content (AvgIpc) is 3.11. The first kappa shape index (κ1) is 21.5. The molecule has 0 amide bonds. The molecule has 1 atom stereocenters. The molecule has 0 aliphatic rings. The van der Waals surface area contributed by atoms with Crippen LogP contribution in [-0.4, -0.2) is 35.4 Å². The predicted molar refractivity (Wildman–Crippen MR) is 114 cm³/mol. The molecule has 0 bridgehead atoms. The quantitative estimate of drug-likeness (QED) is 0.515. The minimum Gasteiger partial charge on any atom is -0.497 e. The van der Waals surface area contributed by atoms with Crippen molar-refractivity contribution in [2.45, 2.75) is 32.9 Å². The highest BCUT2D eigenvalue weighted by Gasteiger charge is 2.19. The van der Waals surface area contributed by atoms with Gasteiger partial charge in [-0.2, -0.15) is 10.6 Å². The first-order chi connectivity index (χ1) is 14.5. The Kier molecular flexibility index (Phi) is 7.59. The minimum atomic E-state index is -0.354. The lowest BCUT2D eigenvalue weighted by atomic mass is 10.2. The van der Waals surface area contributed by atoms with E-state index in [2.05, 4.69) is 10.6 Å². The molecule has 2 aromatic carbocycles. The lowest BCUT2D eigenvalue weighted by molar-refractivity contribution is -0.00859. The number of methoxy groups -OCH3 is 1. The zero-order valence-corrected chi connectivity index (χ0v) is 17.5. The van der Waals surface area contributed by atoms with Crippen LogP contribution in [0.25, 0.3) is 0 Å². The van der Waals surface area contributed by atoms with E-state index in [9.17, 15) is 4.79 Å². The first-order valence-corrected chi connectivity index (χ1v) is 9.79. The Morgan fingerprint density at radius 3 is 2.40 bits per heavy atom. The van der Waals surface area contributed by atoms with Crippen molar-refractivity contribution in [2.24, 2.45) is 0 Å². The van der Waals surface area contributed by atoms with Gasteiger partial charge in [-0.25, -0.2) is 4.68 Å². The van der Waals surface area contributed by atoms with E-state index in [1.807, 2.05) is 74.5 Å². The van der Waals surface area contributed by atoms with E-state index in [4.69, 9.17) is 14.3 Å². The fourth-order valence-electron chi connectivity index (χ4n) is 3.00. The Hall–Kier alpha value is -3.16. The number of aryl methyl sites for hydroxylation is 2. The monoisotopic (exact) mass is 409 g/mol. The number of hydroxylamine groups is 1. The van der Waals surface area contributed by atoms with Gasteiger partial charge in [-0.15, -0.1) is 0 Å². The maximum atomic E-state index is 12.8. The standard InChI is InChI=1S/C23H27N3O4/c1-17-13-18(2)26(24-17)23(27)14-20(25-30-15-19-7-5-4-6-8-19)16-29-22-11-9-21(28-3)10-12-22/h4-13,20,25H,14-16H2,1-3H3/t20-/m1/s1. The maximum Gasteiger partial charge on any atom is 0.248 e. The van der Waals surface area contributed by atoms with Crippen LogP contribution in [0, 0.1) is 13.8 Å². The number of hydrogen-bond acceptors (Lipinski definition) is 6. The highest BCUT2D eigenvalue weighted by molar-refractivity contribution is 5.79. The van der Waals surface area contributed by atoms with Crippen molar-refractivity contribution in [1.82, 2.24) is 15.3 Å². The number of hydrogen-bond donors (Lipinski definition) is 1. The number of aromatic nitrogens is 2. The van der Waals surface area contributed by atoms with E-state index in [1.165, 1.54) is 4.68 Å². The molecule has 3 rings (SSSR count). The summed E-state index contributed by atoms with van der Waals surface area (Å²) in [5, 5.41) is 4.27. The van der Waals surface area contributed by atoms with Gasteiger partial charge in [-0.1, -0.05) is 30.3 Å². The Balaban J connectivity index is 1.61. The molecular weight excluding hydrogens is 382 g/mol. The van der Waals surface area contributed by atoms with Gasteiger partial charge in [0.05, 0.1) is 25.5 Å². The fraction of sp³-hybridized carbons (Fsp3) is 0.304. The molecule has 0 radical (unpaired) electrons. The molecule has 7 nitrogen and oxygen atoms in total. The van der Waals surface area contributed by atoms with Gasteiger partial charge >= 0.3 is 0 Å². The second kappa shape index (κ2) is 10.6. The zero-order chi connectivity index (χ0) is 21.3. The number of rotatable bonds is 10. The van der Waals surface area contributed by atoms with E-state index in [-0.39, 0.29) is 25.0 Å². The molecule has 0 saturated carbocycles. The Morgan fingerprint density at radius 2 is 1.77 bits per heavy atom. The summed E-state index contributed by atoms with van der Waals surface area (Å²) in [4.78, 5) is 18.4. The highest BCUT2D eigenvalue weighted by atomic mass is 16.6.